The van der Waals surface area contributed by atoms with E-state index in [0.717, 1.165) is 11.6 Å². The van der Waals surface area contributed by atoms with E-state index in [0.29, 0.717) is 12.6 Å². The number of hydrogen-bond donors (Lipinski definition) is 1. The lowest BCUT2D eigenvalue weighted by Crippen LogP contribution is -2.21. The van der Waals surface area contributed by atoms with Crippen LogP contribution in [0.2, 0.25) is 0 Å². The minimum Gasteiger partial charge on any atom is -0.367 e. The lowest BCUT2D eigenvalue weighted by Gasteiger charge is -2.19. The van der Waals surface area contributed by atoms with Gasteiger partial charge in [-0.15, -0.1) is 0 Å². The van der Waals surface area contributed by atoms with E-state index in [1.165, 1.54) is 38.5 Å². The Balaban J connectivity index is 2.00. The van der Waals surface area contributed by atoms with Gasteiger partial charge in [0.15, 0.2) is 0 Å². The number of aromatic nitrogens is 2. The van der Waals surface area contributed by atoms with Gasteiger partial charge >= 0.3 is 0 Å². The normalized spacial score (nSPS) is 16.4. The van der Waals surface area contributed by atoms with Gasteiger partial charge in [0.1, 0.15) is 24.5 Å². The molecule has 102 valence electrons. The quantitative estimate of drug-likeness (QED) is 0.665. The molecule has 19 heavy (non-hydrogen) atoms. The first-order chi connectivity index (χ1) is 9.29. The molecule has 0 unspecified atom stereocenters. The van der Waals surface area contributed by atoms with Crippen molar-refractivity contribution < 1.29 is 0 Å². The van der Waals surface area contributed by atoms with Crippen LogP contribution in [0.5, 0.6) is 0 Å². The second-order valence-corrected chi connectivity index (χ2v) is 5.11. The third-order valence-corrected chi connectivity index (χ3v) is 3.56. The predicted octanol–water partition coefficient (Wildman–Crippen LogP) is 2.57. The van der Waals surface area contributed by atoms with Gasteiger partial charge in [-0.2, -0.15) is 5.26 Å². The topological polar surface area (TPSA) is 64.8 Å². The van der Waals surface area contributed by atoms with E-state index in [2.05, 4.69) is 21.4 Å². The highest BCUT2D eigenvalue weighted by atomic mass is 15.2. The van der Waals surface area contributed by atoms with Crippen molar-refractivity contribution in [3.05, 3.63) is 12.4 Å². The molecule has 0 radical (unpaired) electrons. The minimum atomic E-state index is 0.333. The van der Waals surface area contributed by atoms with Gasteiger partial charge < -0.3 is 10.2 Å². The minimum absolute atomic E-state index is 0.333. The zero-order valence-electron chi connectivity index (χ0n) is 11.5. The largest absolute Gasteiger partial charge is 0.367 e. The van der Waals surface area contributed by atoms with Crippen LogP contribution in [0.4, 0.5) is 11.6 Å². The maximum Gasteiger partial charge on any atom is 0.134 e. The zero-order chi connectivity index (χ0) is 13.5. The SMILES string of the molecule is CN(CC#N)c1cc(NC2CCCCCC2)ncn1. The van der Waals surface area contributed by atoms with Crippen LogP contribution in [-0.4, -0.2) is 29.6 Å². The standard InChI is InChI=1S/C14H21N5/c1-19(9-8-15)14-10-13(16-11-17-14)18-12-6-4-2-3-5-7-12/h10-12H,2-7,9H2,1H3,(H,16,17,18). The first-order valence-corrected chi connectivity index (χ1v) is 6.96. The Kier molecular flexibility index (Phi) is 4.96. The first-order valence-electron chi connectivity index (χ1n) is 6.96. The second-order valence-electron chi connectivity index (χ2n) is 5.11. The molecule has 0 bridgehead atoms. The molecule has 1 heterocycles. The fourth-order valence-corrected chi connectivity index (χ4v) is 2.45. The van der Waals surface area contributed by atoms with Gasteiger partial charge in [-0.3, -0.25) is 0 Å². The monoisotopic (exact) mass is 259 g/mol. The van der Waals surface area contributed by atoms with Gasteiger partial charge in [0.25, 0.3) is 0 Å². The van der Waals surface area contributed by atoms with Gasteiger partial charge in [-0.05, 0) is 12.8 Å². The van der Waals surface area contributed by atoms with Gasteiger partial charge in [0.2, 0.25) is 0 Å². The van der Waals surface area contributed by atoms with E-state index in [4.69, 9.17) is 5.26 Å². The molecule has 0 spiro atoms. The van der Waals surface area contributed by atoms with Crippen LogP contribution in [0.3, 0.4) is 0 Å². The molecule has 1 aliphatic carbocycles. The van der Waals surface area contributed by atoms with Crippen LogP contribution in [0.1, 0.15) is 38.5 Å². The molecule has 5 heteroatoms. The van der Waals surface area contributed by atoms with Gasteiger partial charge in [-0.1, -0.05) is 25.7 Å². The average Bonchev–Trinajstić information content (AvgIpc) is 2.68. The summed E-state index contributed by atoms with van der Waals surface area (Å²) in [5, 5.41) is 12.2. The summed E-state index contributed by atoms with van der Waals surface area (Å²) >= 11 is 0. The van der Waals surface area contributed by atoms with E-state index in [9.17, 15) is 0 Å². The Morgan fingerprint density at radius 3 is 2.74 bits per heavy atom. The van der Waals surface area contributed by atoms with Crippen LogP contribution < -0.4 is 10.2 Å². The van der Waals surface area contributed by atoms with Crippen LogP contribution in [0, 0.1) is 11.3 Å². The molecule has 1 fully saturated rings. The summed E-state index contributed by atoms with van der Waals surface area (Å²) in [5.41, 5.74) is 0. The highest BCUT2D eigenvalue weighted by Crippen LogP contribution is 2.21. The lowest BCUT2D eigenvalue weighted by atomic mass is 10.1. The van der Waals surface area contributed by atoms with E-state index in [1.54, 1.807) is 6.33 Å². The molecular formula is C14H21N5. The summed E-state index contributed by atoms with van der Waals surface area (Å²) in [6, 6.07) is 4.56. The van der Waals surface area contributed by atoms with Crippen LogP contribution in [0.15, 0.2) is 12.4 Å². The first kappa shape index (κ1) is 13.6. The molecule has 0 atom stereocenters. The smallest absolute Gasteiger partial charge is 0.134 e. The highest BCUT2D eigenvalue weighted by molar-refractivity contribution is 5.48. The number of nitriles is 1. The average molecular weight is 259 g/mol. The molecule has 0 aromatic carbocycles. The van der Waals surface area contributed by atoms with Crippen LogP contribution >= 0.6 is 0 Å². The number of nitrogens with zero attached hydrogens (tertiary/aromatic N) is 4. The molecule has 1 aliphatic rings. The van der Waals surface area contributed by atoms with Gasteiger partial charge in [-0.25, -0.2) is 9.97 Å². The number of rotatable bonds is 4. The summed E-state index contributed by atoms with van der Waals surface area (Å²) in [7, 11) is 1.86. The van der Waals surface area contributed by atoms with Crippen molar-refractivity contribution in [2.75, 3.05) is 23.8 Å². The third kappa shape index (κ3) is 4.09. The number of nitrogens with one attached hydrogen (secondary N) is 1. The molecule has 1 saturated carbocycles. The van der Waals surface area contributed by atoms with E-state index >= 15 is 0 Å². The molecule has 0 amide bonds. The summed E-state index contributed by atoms with van der Waals surface area (Å²) in [6.45, 7) is 0.333. The lowest BCUT2D eigenvalue weighted by molar-refractivity contribution is 0.617. The molecular weight excluding hydrogens is 238 g/mol. The Morgan fingerprint density at radius 2 is 2.05 bits per heavy atom. The molecule has 1 aromatic heterocycles. The van der Waals surface area contributed by atoms with Crippen molar-refractivity contribution in [3.8, 4) is 6.07 Å². The highest BCUT2D eigenvalue weighted by Gasteiger charge is 2.13. The third-order valence-electron chi connectivity index (χ3n) is 3.56. The fraction of sp³-hybridized carbons (Fsp3) is 0.643. The predicted molar refractivity (Wildman–Crippen MR) is 76.0 cm³/mol. The van der Waals surface area contributed by atoms with Crippen LogP contribution in [0.25, 0.3) is 0 Å². The van der Waals surface area contributed by atoms with E-state index in [-0.39, 0.29) is 0 Å². The Bertz CT molecular complexity index is 432. The maximum atomic E-state index is 8.71. The molecule has 1 N–H and O–H groups in total. The maximum absolute atomic E-state index is 8.71. The van der Waals surface area contributed by atoms with Crippen molar-refractivity contribution in [1.82, 2.24) is 9.97 Å². The fourth-order valence-electron chi connectivity index (χ4n) is 2.45. The zero-order valence-corrected chi connectivity index (χ0v) is 11.5. The summed E-state index contributed by atoms with van der Waals surface area (Å²) in [4.78, 5) is 10.3. The van der Waals surface area contributed by atoms with E-state index in [1.807, 2.05) is 18.0 Å². The van der Waals surface area contributed by atoms with Crippen molar-refractivity contribution in [3.63, 3.8) is 0 Å². The Hall–Kier alpha value is -1.83. The summed E-state index contributed by atoms with van der Waals surface area (Å²) in [5.74, 6) is 1.65. The Morgan fingerprint density at radius 1 is 1.32 bits per heavy atom. The number of anilines is 2. The van der Waals surface area contributed by atoms with Gasteiger partial charge in [0, 0.05) is 19.2 Å². The van der Waals surface area contributed by atoms with Crippen LogP contribution in [-0.2, 0) is 0 Å². The van der Waals surface area contributed by atoms with Crippen molar-refractivity contribution in [2.45, 2.75) is 44.6 Å². The van der Waals surface area contributed by atoms with E-state index < -0.39 is 0 Å². The second kappa shape index (κ2) is 6.93. The summed E-state index contributed by atoms with van der Waals surface area (Å²) < 4.78 is 0. The Labute approximate surface area is 114 Å². The number of hydrogen-bond acceptors (Lipinski definition) is 5. The van der Waals surface area contributed by atoms with Crippen molar-refractivity contribution in [1.29, 1.82) is 5.26 Å². The molecule has 0 aliphatic heterocycles. The molecule has 1 aromatic rings. The summed E-state index contributed by atoms with van der Waals surface area (Å²) in [6.07, 6.45) is 9.27. The molecule has 5 nitrogen and oxygen atoms in total. The van der Waals surface area contributed by atoms with Crippen molar-refractivity contribution >= 4 is 11.6 Å². The molecule has 2 rings (SSSR count). The van der Waals surface area contributed by atoms with Crippen molar-refractivity contribution in [2.24, 2.45) is 0 Å². The molecule has 0 saturated heterocycles. The van der Waals surface area contributed by atoms with Gasteiger partial charge in [0.05, 0.1) is 6.07 Å².